The van der Waals surface area contributed by atoms with Gasteiger partial charge in [-0.25, -0.2) is 9.37 Å². The number of aromatic nitrogens is 2. The Morgan fingerprint density at radius 2 is 1.95 bits per heavy atom. The Balaban J connectivity index is 0.00000174. The van der Waals surface area contributed by atoms with E-state index in [0.29, 0.717) is 41.8 Å². The molecule has 2 heterocycles. The van der Waals surface area contributed by atoms with Crippen molar-refractivity contribution in [1.29, 1.82) is 0 Å². The lowest BCUT2D eigenvalue weighted by Gasteiger charge is -2.37. The summed E-state index contributed by atoms with van der Waals surface area (Å²) in [5.74, 6) is -2.80. The average molecular weight is 530 g/mol. The number of carbonyl (C=O) groups is 1. The lowest BCUT2D eigenvalue weighted by Crippen LogP contribution is -2.38. The van der Waals surface area contributed by atoms with E-state index in [2.05, 4.69) is 15.3 Å². The zero-order chi connectivity index (χ0) is 28.0. The third-order valence-corrected chi connectivity index (χ3v) is 6.33. The predicted octanol–water partition coefficient (Wildman–Crippen LogP) is 5.25. The van der Waals surface area contributed by atoms with Gasteiger partial charge < -0.3 is 24.9 Å². The van der Waals surface area contributed by atoms with Crippen LogP contribution in [0.25, 0.3) is 16.8 Å². The first-order valence-corrected chi connectivity index (χ1v) is 12.6. The molecular formula is C28H37F2N5O3. The van der Waals surface area contributed by atoms with Gasteiger partial charge in [-0.15, -0.1) is 0 Å². The monoisotopic (exact) mass is 529 g/mol. The van der Waals surface area contributed by atoms with Crippen LogP contribution in [-0.2, 0) is 16.1 Å². The van der Waals surface area contributed by atoms with E-state index in [0.717, 1.165) is 17.4 Å². The van der Waals surface area contributed by atoms with Gasteiger partial charge in [0.25, 0.3) is 0 Å². The molecular weight excluding hydrogens is 492 g/mol. The summed E-state index contributed by atoms with van der Waals surface area (Å²) in [5, 5.41) is 3.09. The molecule has 3 N–H and O–H groups in total. The van der Waals surface area contributed by atoms with Gasteiger partial charge in [0, 0.05) is 50.6 Å². The van der Waals surface area contributed by atoms with E-state index in [9.17, 15) is 13.6 Å². The van der Waals surface area contributed by atoms with Crippen LogP contribution in [0, 0.1) is 17.6 Å². The van der Waals surface area contributed by atoms with Crippen LogP contribution in [0.4, 0.5) is 8.78 Å². The van der Waals surface area contributed by atoms with Crippen LogP contribution in [0.5, 0.6) is 5.75 Å². The van der Waals surface area contributed by atoms with E-state index < -0.39 is 17.6 Å². The molecule has 0 aliphatic heterocycles. The Kier molecular flexibility index (Phi) is 9.57. The maximum Gasteiger partial charge on any atom is 0.309 e. The number of pyridine rings is 1. The number of nitrogens with two attached hydrogens (primary N) is 1. The van der Waals surface area contributed by atoms with E-state index in [4.69, 9.17) is 15.2 Å². The SMILES string of the molecule is CC.CN=C(C)/C(=C(\N)OC(C)=O)C1CC(Oc2c(-c3ccc4ncc(CNC)n4c3)ccc(F)c2F)C1.[HH]. The Morgan fingerprint density at radius 1 is 1.24 bits per heavy atom. The van der Waals surface area contributed by atoms with Crippen molar-refractivity contribution in [3.8, 4) is 16.9 Å². The van der Waals surface area contributed by atoms with E-state index in [1.807, 2.05) is 37.6 Å². The lowest BCUT2D eigenvalue weighted by atomic mass is 9.75. The van der Waals surface area contributed by atoms with Crippen molar-refractivity contribution >= 4 is 17.3 Å². The first-order valence-electron chi connectivity index (χ1n) is 12.6. The molecule has 0 bridgehead atoms. The molecule has 2 aromatic heterocycles. The van der Waals surface area contributed by atoms with Crippen LogP contribution in [0.15, 0.2) is 53.1 Å². The van der Waals surface area contributed by atoms with Crippen LogP contribution >= 0.6 is 0 Å². The molecule has 0 unspecified atom stereocenters. The summed E-state index contributed by atoms with van der Waals surface area (Å²) in [6, 6.07) is 6.23. The number of nitrogens with one attached hydrogen (secondary N) is 1. The van der Waals surface area contributed by atoms with Crippen LogP contribution in [-0.4, -0.2) is 41.3 Å². The van der Waals surface area contributed by atoms with Gasteiger partial charge in [0.2, 0.25) is 5.82 Å². The number of hydrogen-bond acceptors (Lipinski definition) is 7. The van der Waals surface area contributed by atoms with Gasteiger partial charge in [-0.05, 0) is 57.0 Å². The number of carbonyl (C=O) groups excluding carboxylic acids is 1. The van der Waals surface area contributed by atoms with Crippen molar-refractivity contribution in [2.24, 2.45) is 16.6 Å². The lowest BCUT2D eigenvalue weighted by molar-refractivity contribution is -0.137. The van der Waals surface area contributed by atoms with Crippen molar-refractivity contribution < 1.29 is 24.5 Å². The maximum atomic E-state index is 15.0. The summed E-state index contributed by atoms with van der Waals surface area (Å²) >= 11 is 0. The van der Waals surface area contributed by atoms with Gasteiger partial charge in [0.15, 0.2) is 17.4 Å². The van der Waals surface area contributed by atoms with E-state index in [1.165, 1.54) is 13.0 Å². The normalized spacial score (nSPS) is 17.7. The molecule has 0 saturated heterocycles. The molecule has 4 rings (SSSR count). The first-order chi connectivity index (χ1) is 18.2. The number of ether oxygens (including phenoxy) is 2. The fraction of sp³-hybridized carbons (Fsp3) is 0.393. The van der Waals surface area contributed by atoms with Crippen LogP contribution in [0.2, 0.25) is 0 Å². The van der Waals surface area contributed by atoms with E-state index >= 15 is 0 Å². The summed E-state index contributed by atoms with van der Waals surface area (Å²) in [6.45, 7) is 7.65. The van der Waals surface area contributed by atoms with Gasteiger partial charge in [-0.2, -0.15) is 4.39 Å². The van der Waals surface area contributed by atoms with Crippen molar-refractivity contribution in [3.63, 3.8) is 0 Å². The molecule has 8 nitrogen and oxygen atoms in total. The highest BCUT2D eigenvalue weighted by molar-refractivity contribution is 5.99. The Morgan fingerprint density at radius 3 is 2.58 bits per heavy atom. The predicted molar refractivity (Wildman–Crippen MR) is 146 cm³/mol. The highest BCUT2D eigenvalue weighted by atomic mass is 19.2. The summed E-state index contributed by atoms with van der Waals surface area (Å²) in [5.41, 5.74) is 10.0. The minimum Gasteiger partial charge on any atom is -0.487 e. The zero-order valence-corrected chi connectivity index (χ0v) is 22.6. The number of allylic oxidation sites excluding steroid dienone is 1. The molecule has 0 amide bonds. The molecule has 1 aliphatic rings. The second-order valence-electron chi connectivity index (χ2n) is 8.75. The molecule has 1 saturated carbocycles. The topological polar surface area (TPSA) is 103 Å². The molecule has 1 aromatic carbocycles. The number of imidazole rings is 1. The smallest absolute Gasteiger partial charge is 0.309 e. The quantitative estimate of drug-likeness (QED) is 0.235. The van der Waals surface area contributed by atoms with Gasteiger partial charge in [0.1, 0.15) is 11.8 Å². The minimum atomic E-state index is -1.04. The van der Waals surface area contributed by atoms with Crippen LogP contribution in [0.3, 0.4) is 0 Å². The number of nitrogens with zero attached hydrogens (tertiary/aromatic N) is 3. The van der Waals surface area contributed by atoms with Crippen molar-refractivity contribution in [1.82, 2.24) is 14.7 Å². The molecule has 0 radical (unpaired) electrons. The molecule has 1 fully saturated rings. The average Bonchev–Trinajstić information content (AvgIpc) is 3.28. The molecule has 206 valence electrons. The second-order valence-corrected chi connectivity index (χ2v) is 8.75. The highest BCUT2D eigenvalue weighted by Crippen LogP contribution is 2.41. The van der Waals surface area contributed by atoms with Crippen LogP contribution < -0.4 is 15.8 Å². The van der Waals surface area contributed by atoms with E-state index in [1.54, 1.807) is 26.2 Å². The maximum absolute atomic E-state index is 15.0. The Bertz CT molecular complexity index is 1370. The first kappa shape index (κ1) is 28.8. The molecule has 0 spiro atoms. The minimum absolute atomic E-state index is 0. The molecule has 10 heteroatoms. The third-order valence-electron chi connectivity index (χ3n) is 6.33. The largest absolute Gasteiger partial charge is 0.487 e. The molecule has 0 atom stereocenters. The summed E-state index contributed by atoms with van der Waals surface area (Å²) in [6.07, 6.45) is 4.17. The number of benzene rings is 1. The second kappa shape index (κ2) is 12.6. The van der Waals surface area contributed by atoms with Gasteiger partial charge >= 0.3 is 5.97 Å². The summed E-state index contributed by atoms with van der Waals surface area (Å²) in [4.78, 5) is 19.9. The number of fused-ring (bicyclic) bond motifs is 1. The van der Waals surface area contributed by atoms with Crippen molar-refractivity contribution in [3.05, 3.63) is 65.4 Å². The number of aliphatic imine (C=N–C) groups is 1. The molecule has 38 heavy (non-hydrogen) atoms. The molecule has 1 aliphatic carbocycles. The number of esters is 1. The fourth-order valence-electron chi connectivity index (χ4n) is 4.45. The highest BCUT2D eigenvalue weighted by Gasteiger charge is 2.37. The van der Waals surface area contributed by atoms with Crippen molar-refractivity contribution in [2.45, 2.75) is 53.2 Å². The Labute approximate surface area is 223 Å². The number of halogens is 2. The standard InChI is InChI=1S/C26H29F2N5O3.C2H6.H2/c1-14(31-4)23(26(29)35-15(2)34)17-9-19(10-17)36-25-20(6-7-21(27)24(25)28)16-5-8-22-32-12-18(11-30-3)33(22)13-16;1-2;/h5-8,12-13,17,19,30H,9-11,29H2,1-4H3;1-2H3;1H/b26-23-,31-14?;;. The van der Waals surface area contributed by atoms with E-state index in [-0.39, 0.29) is 25.1 Å². The van der Waals surface area contributed by atoms with Gasteiger partial charge in [-0.3, -0.25) is 9.79 Å². The molecule has 3 aromatic rings. The Hall–Kier alpha value is -3.79. The zero-order valence-electron chi connectivity index (χ0n) is 22.6. The number of hydrogen-bond donors (Lipinski definition) is 2. The third kappa shape index (κ3) is 6.02. The van der Waals surface area contributed by atoms with Gasteiger partial charge in [-0.1, -0.05) is 13.8 Å². The fourth-order valence-corrected chi connectivity index (χ4v) is 4.45. The van der Waals surface area contributed by atoms with Gasteiger partial charge in [0.05, 0.1) is 11.9 Å². The summed E-state index contributed by atoms with van der Waals surface area (Å²) < 4.78 is 42.2. The number of rotatable bonds is 8. The van der Waals surface area contributed by atoms with Crippen LogP contribution in [0.1, 0.15) is 47.7 Å². The van der Waals surface area contributed by atoms with Crippen molar-refractivity contribution in [2.75, 3.05) is 14.1 Å². The summed E-state index contributed by atoms with van der Waals surface area (Å²) in [7, 11) is 3.46.